The highest BCUT2D eigenvalue weighted by Crippen LogP contribution is 2.13. The van der Waals surface area contributed by atoms with E-state index in [9.17, 15) is 0 Å². The van der Waals surface area contributed by atoms with E-state index >= 15 is 0 Å². The lowest BCUT2D eigenvalue weighted by atomic mass is 10.1. The summed E-state index contributed by atoms with van der Waals surface area (Å²) in [5.41, 5.74) is 4.73. The number of benzene rings is 1. The second kappa shape index (κ2) is 6.20. The molecule has 1 N–H and O–H groups in total. The van der Waals surface area contributed by atoms with E-state index in [2.05, 4.69) is 15.5 Å². The maximum Gasteiger partial charge on any atom is 0.147 e. The van der Waals surface area contributed by atoms with Crippen LogP contribution < -0.4 is 10.2 Å². The molecule has 0 fully saturated rings. The minimum absolute atomic E-state index is 0.433. The van der Waals surface area contributed by atoms with Crippen LogP contribution >= 0.6 is 11.6 Å². The zero-order chi connectivity index (χ0) is 13.7. The first-order chi connectivity index (χ1) is 9.19. The molecule has 98 valence electrons. The zero-order valence-corrected chi connectivity index (χ0v) is 11.5. The first-order valence-electron chi connectivity index (χ1n) is 5.76. The Morgan fingerprint density at radius 1 is 1.21 bits per heavy atom. The van der Waals surface area contributed by atoms with Crippen molar-refractivity contribution in [3.05, 3.63) is 53.2 Å². The first kappa shape index (κ1) is 13.4. The molecule has 0 aliphatic rings. The van der Waals surface area contributed by atoms with Gasteiger partial charge in [-0.1, -0.05) is 17.7 Å². The van der Waals surface area contributed by atoms with Crippen molar-refractivity contribution in [3.8, 4) is 5.75 Å². The van der Waals surface area contributed by atoms with Gasteiger partial charge in [0.1, 0.15) is 16.7 Å². The summed E-state index contributed by atoms with van der Waals surface area (Å²) in [5, 5.41) is 4.70. The number of aromatic nitrogens is 1. The standard InChI is InChI=1S/C14H14ClN3O/c1-10(11-6-8-12(19-2)9-7-11)17-18-14-5-3-4-13(15)16-14/h3-9H,1-2H3,(H,16,18)/b17-10-. The molecule has 2 aromatic rings. The smallest absolute Gasteiger partial charge is 0.147 e. The molecule has 1 aromatic carbocycles. The Bertz CT molecular complexity index is 581. The summed E-state index contributed by atoms with van der Waals surface area (Å²) in [6.45, 7) is 1.92. The number of rotatable bonds is 4. The van der Waals surface area contributed by atoms with Crippen LogP contribution in [0.2, 0.25) is 5.15 Å². The van der Waals surface area contributed by atoms with Crippen molar-refractivity contribution in [2.45, 2.75) is 6.92 Å². The minimum atomic E-state index is 0.433. The van der Waals surface area contributed by atoms with Crippen LogP contribution in [0.15, 0.2) is 47.6 Å². The third-order valence-electron chi connectivity index (χ3n) is 2.56. The lowest BCUT2D eigenvalue weighted by Gasteiger charge is -2.04. The summed E-state index contributed by atoms with van der Waals surface area (Å²) in [4.78, 5) is 4.09. The Hall–Kier alpha value is -2.07. The van der Waals surface area contributed by atoms with Gasteiger partial charge in [-0.2, -0.15) is 5.10 Å². The van der Waals surface area contributed by atoms with E-state index < -0.39 is 0 Å². The molecule has 0 amide bonds. The van der Waals surface area contributed by atoms with Crippen LogP contribution in [0.1, 0.15) is 12.5 Å². The van der Waals surface area contributed by atoms with Crippen molar-refractivity contribution in [1.82, 2.24) is 4.98 Å². The van der Waals surface area contributed by atoms with Crippen LogP contribution in [0.4, 0.5) is 5.82 Å². The maximum absolute atomic E-state index is 5.80. The summed E-state index contributed by atoms with van der Waals surface area (Å²) in [7, 11) is 1.64. The lowest BCUT2D eigenvalue weighted by Crippen LogP contribution is -2.00. The number of hydrazone groups is 1. The van der Waals surface area contributed by atoms with Gasteiger partial charge in [-0.15, -0.1) is 0 Å². The molecule has 1 aromatic heterocycles. The Labute approximate surface area is 117 Å². The highest BCUT2D eigenvalue weighted by atomic mass is 35.5. The number of pyridine rings is 1. The molecule has 0 bridgehead atoms. The van der Waals surface area contributed by atoms with Crippen molar-refractivity contribution in [2.24, 2.45) is 5.10 Å². The number of ether oxygens (including phenoxy) is 1. The highest BCUT2D eigenvalue weighted by molar-refractivity contribution is 6.29. The van der Waals surface area contributed by atoms with Gasteiger partial charge in [0, 0.05) is 0 Å². The average molecular weight is 276 g/mol. The molecule has 0 saturated heterocycles. The van der Waals surface area contributed by atoms with Gasteiger partial charge in [-0.05, 0) is 48.9 Å². The average Bonchev–Trinajstić information content (AvgIpc) is 2.45. The van der Waals surface area contributed by atoms with Crippen LogP contribution in [0.5, 0.6) is 5.75 Å². The minimum Gasteiger partial charge on any atom is -0.497 e. The summed E-state index contributed by atoms with van der Waals surface area (Å²) < 4.78 is 5.11. The van der Waals surface area contributed by atoms with Crippen LogP contribution in [0.25, 0.3) is 0 Å². The van der Waals surface area contributed by atoms with Crippen molar-refractivity contribution in [1.29, 1.82) is 0 Å². The fourth-order valence-electron chi connectivity index (χ4n) is 1.51. The van der Waals surface area contributed by atoms with Crippen LogP contribution in [0.3, 0.4) is 0 Å². The quantitative estimate of drug-likeness (QED) is 0.527. The molecule has 0 saturated carbocycles. The molecule has 1 heterocycles. The third kappa shape index (κ3) is 3.69. The molecule has 0 unspecified atom stereocenters. The van der Waals surface area contributed by atoms with Crippen molar-refractivity contribution in [3.63, 3.8) is 0 Å². The number of anilines is 1. The maximum atomic E-state index is 5.80. The summed E-state index contributed by atoms with van der Waals surface area (Å²) >= 11 is 5.80. The highest BCUT2D eigenvalue weighted by Gasteiger charge is 1.99. The Morgan fingerprint density at radius 3 is 2.58 bits per heavy atom. The summed E-state index contributed by atoms with van der Waals surface area (Å²) in [6, 6.07) is 13.0. The largest absolute Gasteiger partial charge is 0.497 e. The molecule has 0 spiro atoms. The first-order valence-corrected chi connectivity index (χ1v) is 6.14. The Morgan fingerprint density at radius 2 is 1.95 bits per heavy atom. The normalized spacial score (nSPS) is 11.2. The van der Waals surface area contributed by atoms with Gasteiger partial charge in [0.25, 0.3) is 0 Å². The van der Waals surface area contributed by atoms with Gasteiger partial charge in [0.15, 0.2) is 0 Å². The number of hydrogen-bond acceptors (Lipinski definition) is 4. The molecular weight excluding hydrogens is 262 g/mol. The monoisotopic (exact) mass is 275 g/mol. The van der Waals surface area contributed by atoms with E-state index in [1.165, 1.54) is 0 Å². The molecule has 0 aliphatic carbocycles. The fourth-order valence-corrected chi connectivity index (χ4v) is 1.67. The number of nitrogens with one attached hydrogen (secondary N) is 1. The van der Waals surface area contributed by atoms with Crippen LogP contribution in [-0.2, 0) is 0 Å². The SMILES string of the molecule is COc1ccc(/C(C)=N\Nc2cccc(Cl)n2)cc1. The van der Waals surface area contributed by atoms with Gasteiger partial charge in [0.05, 0.1) is 12.8 Å². The second-order valence-corrected chi connectivity index (χ2v) is 4.27. The zero-order valence-electron chi connectivity index (χ0n) is 10.7. The molecule has 19 heavy (non-hydrogen) atoms. The Balaban J connectivity index is 2.09. The number of nitrogens with zero attached hydrogens (tertiary/aromatic N) is 2. The number of methoxy groups -OCH3 is 1. The molecular formula is C14H14ClN3O. The predicted molar refractivity (Wildman–Crippen MR) is 78.1 cm³/mol. The second-order valence-electron chi connectivity index (χ2n) is 3.88. The predicted octanol–water partition coefficient (Wildman–Crippen LogP) is 3.58. The van der Waals surface area contributed by atoms with Gasteiger partial charge in [-0.3, -0.25) is 5.43 Å². The third-order valence-corrected chi connectivity index (χ3v) is 2.77. The Kier molecular flexibility index (Phi) is 4.36. The van der Waals surface area contributed by atoms with E-state index in [1.54, 1.807) is 19.2 Å². The van der Waals surface area contributed by atoms with E-state index in [4.69, 9.17) is 16.3 Å². The van der Waals surface area contributed by atoms with Crippen LogP contribution in [-0.4, -0.2) is 17.8 Å². The number of halogens is 1. The van der Waals surface area contributed by atoms with E-state index in [-0.39, 0.29) is 0 Å². The van der Waals surface area contributed by atoms with Crippen molar-refractivity contribution >= 4 is 23.1 Å². The molecule has 0 atom stereocenters. The van der Waals surface area contributed by atoms with E-state index in [1.807, 2.05) is 37.3 Å². The van der Waals surface area contributed by atoms with Gasteiger partial charge < -0.3 is 4.74 Å². The van der Waals surface area contributed by atoms with Crippen molar-refractivity contribution in [2.75, 3.05) is 12.5 Å². The van der Waals surface area contributed by atoms with E-state index in [0.29, 0.717) is 11.0 Å². The molecule has 0 aliphatic heterocycles. The summed E-state index contributed by atoms with van der Waals surface area (Å²) in [5.74, 6) is 1.43. The molecule has 4 nitrogen and oxygen atoms in total. The van der Waals surface area contributed by atoms with Gasteiger partial charge in [-0.25, -0.2) is 4.98 Å². The summed E-state index contributed by atoms with van der Waals surface area (Å²) in [6.07, 6.45) is 0. The van der Waals surface area contributed by atoms with Crippen molar-refractivity contribution < 1.29 is 4.74 Å². The fraction of sp³-hybridized carbons (Fsp3) is 0.143. The van der Waals surface area contributed by atoms with Crippen LogP contribution in [0, 0.1) is 0 Å². The molecule has 0 radical (unpaired) electrons. The topological polar surface area (TPSA) is 46.5 Å². The number of hydrogen-bond donors (Lipinski definition) is 1. The van der Waals surface area contributed by atoms with Gasteiger partial charge >= 0.3 is 0 Å². The van der Waals surface area contributed by atoms with E-state index in [0.717, 1.165) is 17.0 Å². The molecule has 2 rings (SSSR count). The van der Waals surface area contributed by atoms with Gasteiger partial charge in [0.2, 0.25) is 0 Å². The molecule has 5 heteroatoms. The lowest BCUT2D eigenvalue weighted by molar-refractivity contribution is 0.415.